The van der Waals surface area contributed by atoms with Gasteiger partial charge in [0, 0.05) is 32.7 Å². The van der Waals surface area contributed by atoms with Gasteiger partial charge in [0.25, 0.3) is 0 Å². The summed E-state index contributed by atoms with van der Waals surface area (Å²) < 4.78 is 28.4. The van der Waals surface area contributed by atoms with Crippen molar-refractivity contribution in [2.24, 2.45) is 10.9 Å². The predicted molar refractivity (Wildman–Crippen MR) is 92.6 cm³/mol. The Bertz CT molecular complexity index is 658. The van der Waals surface area contributed by atoms with Crippen LogP contribution in [0.15, 0.2) is 29.3 Å². The van der Waals surface area contributed by atoms with Gasteiger partial charge < -0.3 is 15.0 Å². The minimum absolute atomic E-state index is 0.163. The second kappa shape index (κ2) is 7.68. The van der Waals surface area contributed by atoms with Crippen LogP contribution < -0.4 is 10.1 Å². The molecule has 0 aliphatic carbocycles. The molecule has 1 aliphatic rings. The number of methoxy groups -OCH3 is 1. The Morgan fingerprint density at radius 3 is 2.78 bits per heavy atom. The van der Waals surface area contributed by atoms with E-state index in [-0.39, 0.29) is 11.7 Å². The zero-order chi connectivity index (χ0) is 16.9. The van der Waals surface area contributed by atoms with E-state index in [4.69, 9.17) is 4.74 Å². The Labute approximate surface area is 138 Å². The number of sulfone groups is 1. The van der Waals surface area contributed by atoms with Crippen LogP contribution in [0.1, 0.15) is 12.0 Å². The van der Waals surface area contributed by atoms with E-state index in [9.17, 15) is 8.42 Å². The molecule has 0 saturated carbocycles. The summed E-state index contributed by atoms with van der Waals surface area (Å²) in [5.41, 5.74) is 1.07. The van der Waals surface area contributed by atoms with E-state index >= 15 is 0 Å². The van der Waals surface area contributed by atoms with Gasteiger partial charge in [-0.05, 0) is 18.4 Å². The number of hydrogen-bond donors (Lipinski definition) is 1. The first-order chi connectivity index (χ1) is 10.9. The molecule has 1 aromatic carbocycles. The van der Waals surface area contributed by atoms with Gasteiger partial charge >= 0.3 is 0 Å². The molecule has 1 aromatic rings. The molecule has 0 radical (unpaired) electrons. The molecule has 1 atom stereocenters. The molecule has 23 heavy (non-hydrogen) atoms. The highest BCUT2D eigenvalue weighted by Crippen LogP contribution is 2.19. The summed E-state index contributed by atoms with van der Waals surface area (Å²) in [6, 6.07) is 7.87. The highest BCUT2D eigenvalue weighted by atomic mass is 32.2. The average Bonchev–Trinajstić information content (AvgIpc) is 2.87. The van der Waals surface area contributed by atoms with Crippen LogP contribution in [0, 0.1) is 5.92 Å². The summed E-state index contributed by atoms with van der Waals surface area (Å²) in [6.45, 7) is 1.29. The largest absolute Gasteiger partial charge is 0.496 e. The van der Waals surface area contributed by atoms with Crippen molar-refractivity contribution in [3.05, 3.63) is 29.8 Å². The lowest BCUT2D eigenvalue weighted by Gasteiger charge is -2.24. The molecule has 128 valence electrons. The van der Waals surface area contributed by atoms with Gasteiger partial charge in [-0.15, -0.1) is 0 Å². The average molecular weight is 339 g/mol. The van der Waals surface area contributed by atoms with Crippen LogP contribution in [0.3, 0.4) is 0 Å². The first-order valence-electron chi connectivity index (χ1n) is 7.69. The summed E-state index contributed by atoms with van der Waals surface area (Å²) in [5.74, 6) is 2.33. The van der Waals surface area contributed by atoms with E-state index in [1.165, 1.54) is 0 Å². The number of aliphatic imine (C=N–C) groups is 1. The third-order valence-electron chi connectivity index (χ3n) is 4.05. The van der Waals surface area contributed by atoms with E-state index in [1.807, 2.05) is 36.2 Å². The summed E-state index contributed by atoms with van der Waals surface area (Å²) >= 11 is 0. The van der Waals surface area contributed by atoms with Crippen LogP contribution in [-0.2, 0) is 16.4 Å². The van der Waals surface area contributed by atoms with Crippen LogP contribution >= 0.6 is 0 Å². The Morgan fingerprint density at radius 2 is 2.17 bits per heavy atom. The molecule has 1 N–H and O–H groups in total. The molecule has 6 nitrogen and oxygen atoms in total. The molecule has 1 unspecified atom stereocenters. The molecule has 0 amide bonds. The first-order valence-corrected chi connectivity index (χ1v) is 9.51. The molecular formula is C16H25N3O3S. The highest BCUT2D eigenvalue weighted by Gasteiger charge is 2.27. The van der Waals surface area contributed by atoms with Crippen molar-refractivity contribution in [2.75, 3.05) is 39.3 Å². The van der Waals surface area contributed by atoms with E-state index in [0.717, 1.165) is 23.7 Å². The number of para-hydroxylation sites is 1. The van der Waals surface area contributed by atoms with E-state index in [1.54, 1.807) is 14.2 Å². The van der Waals surface area contributed by atoms with Crippen LogP contribution in [0.2, 0.25) is 0 Å². The van der Waals surface area contributed by atoms with Gasteiger partial charge in [0.15, 0.2) is 15.8 Å². The Morgan fingerprint density at radius 1 is 1.43 bits per heavy atom. The third-order valence-corrected chi connectivity index (χ3v) is 5.89. The Balaban J connectivity index is 1.93. The topological polar surface area (TPSA) is 71.0 Å². The second-order valence-electron chi connectivity index (χ2n) is 5.87. The zero-order valence-corrected chi connectivity index (χ0v) is 14.8. The predicted octanol–water partition coefficient (Wildman–Crippen LogP) is 1.14. The van der Waals surface area contributed by atoms with E-state index in [0.29, 0.717) is 18.8 Å². The van der Waals surface area contributed by atoms with E-state index in [2.05, 4.69) is 10.3 Å². The van der Waals surface area contributed by atoms with Gasteiger partial charge in [0.1, 0.15) is 5.75 Å². The molecule has 0 bridgehead atoms. The SMILES string of the molecule is CN=C(NCC1CCS(=O)(=O)C1)N(C)Cc1ccccc1OC. The number of rotatable bonds is 5. The van der Waals surface area contributed by atoms with Crippen LogP contribution in [0.4, 0.5) is 0 Å². The molecule has 2 rings (SSSR count). The number of ether oxygens (including phenoxy) is 1. The lowest BCUT2D eigenvalue weighted by molar-refractivity contribution is 0.395. The maximum absolute atomic E-state index is 11.5. The van der Waals surface area contributed by atoms with Gasteiger partial charge in [-0.1, -0.05) is 18.2 Å². The highest BCUT2D eigenvalue weighted by molar-refractivity contribution is 7.91. The smallest absolute Gasteiger partial charge is 0.193 e. The van der Waals surface area contributed by atoms with Crippen LogP contribution in [0.5, 0.6) is 5.75 Å². The Hall–Kier alpha value is -1.76. The molecule has 1 heterocycles. The monoisotopic (exact) mass is 339 g/mol. The molecule has 7 heteroatoms. The molecule has 0 aromatic heterocycles. The fourth-order valence-corrected chi connectivity index (χ4v) is 4.68. The standard InChI is InChI=1S/C16H25N3O3S/c1-17-16(18-10-13-8-9-23(20,21)12-13)19(2)11-14-6-4-5-7-15(14)22-3/h4-7,13H,8-12H2,1-3H3,(H,17,18). The quantitative estimate of drug-likeness (QED) is 0.643. The number of hydrogen-bond acceptors (Lipinski definition) is 4. The van der Waals surface area contributed by atoms with Crippen molar-refractivity contribution < 1.29 is 13.2 Å². The van der Waals surface area contributed by atoms with Gasteiger partial charge in [0.05, 0.1) is 18.6 Å². The van der Waals surface area contributed by atoms with Crippen molar-refractivity contribution in [1.82, 2.24) is 10.2 Å². The van der Waals surface area contributed by atoms with Gasteiger partial charge in [-0.2, -0.15) is 0 Å². The molecule has 0 spiro atoms. The normalized spacial score (nSPS) is 20.3. The second-order valence-corrected chi connectivity index (χ2v) is 8.09. The molecular weight excluding hydrogens is 314 g/mol. The van der Waals surface area contributed by atoms with Crippen molar-refractivity contribution in [1.29, 1.82) is 0 Å². The fourth-order valence-electron chi connectivity index (χ4n) is 2.82. The summed E-state index contributed by atoms with van der Waals surface area (Å²) in [5, 5.41) is 3.28. The maximum Gasteiger partial charge on any atom is 0.193 e. The van der Waals surface area contributed by atoms with Crippen molar-refractivity contribution in [3.8, 4) is 5.75 Å². The number of nitrogens with one attached hydrogen (secondary N) is 1. The van der Waals surface area contributed by atoms with Crippen LogP contribution in [-0.4, -0.2) is 58.5 Å². The fraction of sp³-hybridized carbons (Fsp3) is 0.562. The van der Waals surface area contributed by atoms with Crippen molar-refractivity contribution >= 4 is 15.8 Å². The first kappa shape index (κ1) is 17.6. The Kier molecular flexibility index (Phi) is 5.87. The van der Waals surface area contributed by atoms with Crippen molar-refractivity contribution in [2.45, 2.75) is 13.0 Å². The third kappa shape index (κ3) is 4.86. The van der Waals surface area contributed by atoms with Gasteiger partial charge in [-0.25, -0.2) is 8.42 Å². The summed E-state index contributed by atoms with van der Waals surface area (Å²) in [7, 11) is 2.50. The lowest BCUT2D eigenvalue weighted by Crippen LogP contribution is -2.40. The summed E-state index contributed by atoms with van der Waals surface area (Å²) in [4.78, 5) is 6.28. The number of guanidine groups is 1. The van der Waals surface area contributed by atoms with Crippen molar-refractivity contribution in [3.63, 3.8) is 0 Å². The van der Waals surface area contributed by atoms with Crippen LogP contribution in [0.25, 0.3) is 0 Å². The zero-order valence-electron chi connectivity index (χ0n) is 13.9. The number of benzene rings is 1. The summed E-state index contributed by atoms with van der Waals surface area (Å²) in [6.07, 6.45) is 0.725. The molecule has 1 fully saturated rings. The molecule has 1 aliphatic heterocycles. The number of nitrogens with zero attached hydrogens (tertiary/aromatic N) is 2. The maximum atomic E-state index is 11.5. The van der Waals surface area contributed by atoms with Gasteiger partial charge in [-0.3, -0.25) is 4.99 Å². The van der Waals surface area contributed by atoms with E-state index < -0.39 is 9.84 Å². The minimum Gasteiger partial charge on any atom is -0.496 e. The van der Waals surface area contributed by atoms with Gasteiger partial charge in [0.2, 0.25) is 0 Å². The lowest BCUT2D eigenvalue weighted by atomic mass is 10.1. The molecule has 1 saturated heterocycles. The minimum atomic E-state index is -2.84.